The van der Waals surface area contributed by atoms with Crippen molar-refractivity contribution in [2.45, 2.75) is 13.0 Å². The summed E-state index contributed by atoms with van der Waals surface area (Å²) in [6.45, 7) is 1.69. The van der Waals surface area contributed by atoms with Crippen molar-refractivity contribution < 1.29 is 13.6 Å². The third-order valence-electron chi connectivity index (χ3n) is 1.29. The van der Waals surface area contributed by atoms with E-state index in [4.69, 9.17) is 0 Å². The first-order valence-corrected chi connectivity index (χ1v) is 3.31. The maximum Gasteiger partial charge on any atom is 0.370 e. The predicted molar refractivity (Wildman–Crippen MR) is 40.2 cm³/mol. The van der Waals surface area contributed by atoms with Crippen LogP contribution >= 0.6 is 0 Å². The van der Waals surface area contributed by atoms with Gasteiger partial charge < -0.3 is 5.73 Å². The van der Waals surface area contributed by atoms with Gasteiger partial charge in [0.05, 0.1) is 0 Å². The fourth-order valence-corrected chi connectivity index (χ4v) is 0.431. The van der Waals surface area contributed by atoms with Gasteiger partial charge in [0.2, 0.25) is 0 Å². The van der Waals surface area contributed by atoms with E-state index in [1.54, 1.807) is 12.8 Å². The van der Waals surface area contributed by atoms with Crippen molar-refractivity contribution in [3.63, 3.8) is 0 Å². The van der Waals surface area contributed by atoms with Gasteiger partial charge in [0.15, 0.2) is 0 Å². The molecule has 5 heteroatoms. The lowest BCUT2D eigenvalue weighted by Gasteiger charge is -2.20. The molecule has 0 aromatic heterocycles. The largest absolute Gasteiger partial charge is 0.370 e. The van der Waals surface area contributed by atoms with Gasteiger partial charge in [-0.15, -0.1) is 0 Å². The van der Waals surface area contributed by atoms with Gasteiger partial charge in [-0.2, -0.15) is 8.78 Å². The number of halogens is 2. The zero-order valence-electron chi connectivity index (χ0n) is 6.90. The second kappa shape index (κ2) is 4.02. The summed E-state index contributed by atoms with van der Waals surface area (Å²) in [5, 5.41) is 0. The van der Waals surface area contributed by atoms with Gasteiger partial charge in [0.1, 0.15) is 0 Å². The normalized spacial score (nSPS) is 10.8. The molecule has 0 rings (SSSR count). The van der Waals surface area contributed by atoms with Gasteiger partial charge in [-0.3, -0.25) is 4.79 Å². The van der Waals surface area contributed by atoms with Crippen LogP contribution in [0.15, 0.2) is 0 Å². The number of alkyl halides is 2. The summed E-state index contributed by atoms with van der Waals surface area (Å²) in [4.78, 5) is 10.8. The first-order valence-electron chi connectivity index (χ1n) is 3.31. The van der Waals surface area contributed by atoms with Gasteiger partial charge in [-0.05, 0) is 13.0 Å². The van der Waals surface area contributed by atoms with Gasteiger partial charge in [-0.1, -0.05) is 6.92 Å². The first kappa shape index (κ1) is 10.8. The quantitative estimate of drug-likeness (QED) is 0.476. The molecule has 0 aromatic carbocycles. The minimum atomic E-state index is -3.29. The Morgan fingerprint density at radius 2 is 2.17 bits per heavy atom. The molecule has 1 amide bonds. The Hall–Kier alpha value is -1.15. The molecule has 0 radical (unpaired) electrons. The van der Waals surface area contributed by atoms with Crippen LogP contribution in [0.5, 0.6) is 0 Å². The van der Waals surface area contributed by atoms with E-state index < -0.39 is 12.0 Å². The third-order valence-corrected chi connectivity index (χ3v) is 1.29. The number of hydrogen-bond acceptors (Lipinski definition) is 2. The summed E-state index contributed by atoms with van der Waals surface area (Å²) >= 11 is 0. The highest BCUT2D eigenvalue weighted by atomic mass is 19.3. The van der Waals surface area contributed by atoms with E-state index in [2.05, 4.69) is 5.73 Å². The lowest BCUT2D eigenvalue weighted by Crippen LogP contribution is -2.37. The lowest BCUT2D eigenvalue weighted by molar-refractivity contribution is -0.113. The maximum atomic E-state index is 12.7. The Kier molecular flexibility index (Phi) is 3.64. The minimum absolute atomic E-state index is 0.139. The zero-order chi connectivity index (χ0) is 9.78. The van der Waals surface area contributed by atoms with Gasteiger partial charge >= 0.3 is 6.05 Å². The number of carbonyl (C=O) groups is 1. The summed E-state index contributed by atoms with van der Waals surface area (Å²) in [6, 6.07) is -3.29. The van der Waals surface area contributed by atoms with Crippen LogP contribution in [-0.2, 0) is 4.79 Å². The molecule has 2 N–H and O–H groups in total. The smallest absolute Gasteiger partial charge is 0.359 e. The van der Waals surface area contributed by atoms with Crippen LogP contribution < -0.4 is 5.73 Å². The van der Waals surface area contributed by atoms with Crippen molar-refractivity contribution in [1.29, 1.82) is 0 Å². The zero-order valence-corrected chi connectivity index (χ0v) is 6.90. The van der Waals surface area contributed by atoms with Crippen LogP contribution in [-0.4, -0.2) is 30.4 Å². The molecule has 0 heterocycles. The van der Waals surface area contributed by atoms with Crippen LogP contribution in [0.4, 0.5) is 8.78 Å². The van der Waals surface area contributed by atoms with E-state index in [1.165, 1.54) is 13.0 Å². The van der Waals surface area contributed by atoms with Crippen LogP contribution in [0, 0.1) is 11.8 Å². The molecule has 0 saturated heterocycles. The number of hydrogen-bond donors (Lipinski definition) is 1. The highest BCUT2D eigenvalue weighted by Crippen LogP contribution is 2.15. The Morgan fingerprint density at radius 1 is 1.67 bits per heavy atom. The van der Waals surface area contributed by atoms with E-state index in [1.807, 2.05) is 0 Å². The molecule has 0 aliphatic heterocycles. The minimum Gasteiger partial charge on any atom is -0.359 e. The SMILES string of the molecule is CCN(C)C(F)(F)C#CC(N)=O. The second-order valence-electron chi connectivity index (χ2n) is 2.17. The molecular weight excluding hydrogens is 166 g/mol. The Labute approximate surface area is 69.5 Å². The van der Waals surface area contributed by atoms with E-state index in [-0.39, 0.29) is 6.54 Å². The molecule has 0 aliphatic carbocycles. The standard InChI is InChI=1S/C7H10F2N2O/c1-3-11(2)7(8,9)5-4-6(10)12/h3H2,1-2H3,(H2,10,12). The van der Waals surface area contributed by atoms with E-state index in [9.17, 15) is 13.6 Å². The summed E-state index contributed by atoms with van der Waals surface area (Å²) in [6.07, 6.45) is 0. The number of carbonyl (C=O) groups excluding carboxylic acids is 1. The van der Waals surface area contributed by atoms with E-state index in [0.717, 1.165) is 0 Å². The number of nitrogens with zero attached hydrogens (tertiary/aromatic N) is 1. The summed E-state index contributed by atoms with van der Waals surface area (Å²) in [5.74, 6) is 2.02. The van der Waals surface area contributed by atoms with Gasteiger partial charge in [0.25, 0.3) is 5.91 Å². The molecule has 0 unspecified atom stereocenters. The Bertz CT molecular complexity index is 229. The average Bonchev–Trinajstić information content (AvgIpc) is 1.99. The average molecular weight is 176 g/mol. The topological polar surface area (TPSA) is 46.3 Å². The molecule has 0 saturated carbocycles. The molecule has 0 aliphatic rings. The first-order chi connectivity index (χ1) is 5.40. The molecule has 12 heavy (non-hydrogen) atoms. The van der Waals surface area contributed by atoms with Crippen molar-refractivity contribution in [3.05, 3.63) is 0 Å². The van der Waals surface area contributed by atoms with Crippen molar-refractivity contribution >= 4 is 5.91 Å². The summed E-state index contributed by atoms with van der Waals surface area (Å²) in [7, 11) is 1.20. The molecule has 3 nitrogen and oxygen atoms in total. The third kappa shape index (κ3) is 3.30. The van der Waals surface area contributed by atoms with E-state index >= 15 is 0 Å². The van der Waals surface area contributed by atoms with Crippen LogP contribution in [0.1, 0.15) is 6.92 Å². The van der Waals surface area contributed by atoms with E-state index in [0.29, 0.717) is 4.90 Å². The molecular formula is C7H10F2N2O. The molecule has 0 atom stereocenters. The molecule has 0 fully saturated rings. The van der Waals surface area contributed by atoms with Crippen molar-refractivity contribution in [1.82, 2.24) is 4.90 Å². The fraction of sp³-hybridized carbons (Fsp3) is 0.571. The number of rotatable bonds is 2. The van der Waals surface area contributed by atoms with Gasteiger partial charge in [-0.25, -0.2) is 4.90 Å². The molecule has 0 spiro atoms. The molecule has 68 valence electrons. The Balaban J connectivity index is 4.44. The van der Waals surface area contributed by atoms with Crippen LogP contribution in [0.3, 0.4) is 0 Å². The number of amides is 1. The summed E-state index contributed by atoms with van der Waals surface area (Å²) in [5.41, 5.74) is 4.58. The highest BCUT2D eigenvalue weighted by molar-refractivity contribution is 5.92. The van der Waals surface area contributed by atoms with Crippen molar-refractivity contribution in [2.75, 3.05) is 13.6 Å². The predicted octanol–water partition coefficient (Wildman–Crippen LogP) is 0.0196. The van der Waals surface area contributed by atoms with Crippen LogP contribution in [0.2, 0.25) is 0 Å². The Morgan fingerprint density at radius 3 is 2.50 bits per heavy atom. The van der Waals surface area contributed by atoms with Crippen molar-refractivity contribution in [2.24, 2.45) is 5.73 Å². The molecule has 0 aromatic rings. The summed E-state index contributed by atoms with van der Waals surface area (Å²) < 4.78 is 25.4. The van der Waals surface area contributed by atoms with Crippen molar-refractivity contribution in [3.8, 4) is 11.8 Å². The van der Waals surface area contributed by atoms with Gasteiger partial charge in [0, 0.05) is 12.5 Å². The highest BCUT2D eigenvalue weighted by Gasteiger charge is 2.30. The number of nitrogens with two attached hydrogens (primary N) is 1. The monoisotopic (exact) mass is 176 g/mol. The lowest BCUT2D eigenvalue weighted by atomic mass is 10.4. The maximum absolute atomic E-state index is 12.7. The number of primary amides is 1. The second-order valence-corrected chi connectivity index (χ2v) is 2.17. The molecule has 0 bridgehead atoms. The van der Waals surface area contributed by atoms with Crippen LogP contribution in [0.25, 0.3) is 0 Å². The fourth-order valence-electron chi connectivity index (χ4n) is 0.431.